The lowest BCUT2D eigenvalue weighted by atomic mass is 9.88. The highest BCUT2D eigenvalue weighted by molar-refractivity contribution is 6.31. The van der Waals surface area contributed by atoms with Crippen LogP contribution in [-0.2, 0) is 14.3 Å². The number of carbonyl (C=O) groups excluding carboxylic acids is 2. The molecule has 2 rings (SSSR count). The van der Waals surface area contributed by atoms with E-state index in [-0.39, 0.29) is 6.61 Å². The first-order valence-electron chi connectivity index (χ1n) is 9.21. The number of carbonyl (C=O) groups is 2. The lowest BCUT2D eigenvalue weighted by Gasteiger charge is -2.37. The Kier molecular flexibility index (Phi) is 6.58. The van der Waals surface area contributed by atoms with E-state index in [0.29, 0.717) is 23.6 Å². The van der Waals surface area contributed by atoms with Gasteiger partial charge in [-0.25, -0.2) is 9.59 Å². The van der Waals surface area contributed by atoms with Crippen LogP contribution in [0.5, 0.6) is 0 Å². The van der Waals surface area contributed by atoms with E-state index in [0.717, 1.165) is 16.7 Å². The topological polar surface area (TPSA) is 55.8 Å². The van der Waals surface area contributed by atoms with Crippen LogP contribution in [0.2, 0.25) is 5.02 Å². The molecule has 0 aromatic heterocycles. The zero-order valence-corrected chi connectivity index (χ0v) is 17.6. The molecule has 0 N–H and O–H groups in total. The fourth-order valence-corrected chi connectivity index (χ4v) is 3.29. The number of rotatable bonds is 3. The first-order chi connectivity index (χ1) is 12.5. The Balaban J connectivity index is 2.46. The average molecular weight is 394 g/mol. The van der Waals surface area contributed by atoms with Gasteiger partial charge in [0.15, 0.2) is 0 Å². The van der Waals surface area contributed by atoms with E-state index in [1.54, 1.807) is 11.8 Å². The summed E-state index contributed by atoms with van der Waals surface area (Å²) in [6.45, 7) is 11.7. The molecule has 0 fully saturated rings. The van der Waals surface area contributed by atoms with Crippen molar-refractivity contribution < 1.29 is 19.1 Å². The molecule has 0 bridgehead atoms. The van der Waals surface area contributed by atoms with Crippen LogP contribution in [-0.4, -0.2) is 41.8 Å². The number of amides is 1. The van der Waals surface area contributed by atoms with Gasteiger partial charge in [-0.05, 0) is 70.7 Å². The Morgan fingerprint density at radius 1 is 1.30 bits per heavy atom. The zero-order chi connectivity index (χ0) is 20.4. The van der Waals surface area contributed by atoms with Gasteiger partial charge in [0.25, 0.3) is 0 Å². The molecule has 1 unspecified atom stereocenters. The van der Waals surface area contributed by atoms with E-state index >= 15 is 0 Å². The normalized spacial score (nSPS) is 17.7. The van der Waals surface area contributed by atoms with Gasteiger partial charge in [0.2, 0.25) is 0 Å². The van der Waals surface area contributed by atoms with E-state index in [4.69, 9.17) is 21.1 Å². The maximum atomic E-state index is 12.7. The van der Waals surface area contributed by atoms with Gasteiger partial charge < -0.3 is 14.4 Å². The molecule has 0 saturated carbocycles. The van der Waals surface area contributed by atoms with Gasteiger partial charge in [0.05, 0.1) is 18.2 Å². The third-order valence-electron chi connectivity index (χ3n) is 4.44. The predicted octanol–water partition coefficient (Wildman–Crippen LogP) is 4.99. The largest absolute Gasteiger partial charge is 0.463 e. The molecule has 1 heterocycles. The third kappa shape index (κ3) is 5.04. The number of hydrogen-bond donors (Lipinski definition) is 0. The molecule has 1 atom stereocenters. The fourth-order valence-electron chi connectivity index (χ4n) is 3.17. The van der Waals surface area contributed by atoms with Crippen molar-refractivity contribution in [1.29, 1.82) is 0 Å². The molecule has 0 saturated heterocycles. The lowest BCUT2D eigenvalue weighted by Crippen LogP contribution is -2.47. The van der Waals surface area contributed by atoms with Crippen molar-refractivity contribution in [3.63, 3.8) is 0 Å². The molecular formula is C21H28ClNO4. The van der Waals surface area contributed by atoms with Crippen LogP contribution in [0.15, 0.2) is 23.8 Å². The van der Waals surface area contributed by atoms with Crippen LogP contribution in [0.25, 0.3) is 5.57 Å². The summed E-state index contributed by atoms with van der Waals surface area (Å²) in [5, 5.41) is 0.677. The predicted molar refractivity (Wildman–Crippen MR) is 107 cm³/mol. The molecule has 1 aliphatic heterocycles. The lowest BCUT2D eigenvalue weighted by molar-refractivity contribution is -0.139. The van der Waals surface area contributed by atoms with Crippen molar-refractivity contribution >= 4 is 29.2 Å². The summed E-state index contributed by atoms with van der Waals surface area (Å²) < 4.78 is 10.8. The summed E-state index contributed by atoms with van der Waals surface area (Å²) in [5.41, 5.74) is 2.65. The Labute approximate surface area is 166 Å². The highest BCUT2D eigenvalue weighted by Crippen LogP contribution is 2.34. The van der Waals surface area contributed by atoms with Crippen molar-refractivity contribution in [2.75, 3.05) is 13.2 Å². The number of hydrogen-bond acceptors (Lipinski definition) is 4. The van der Waals surface area contributed by atoms with Crippen LogP contribution in [0.4, 0.5) is 4.79 Å². The number of benzene rings is 1. The summed E-state index contributed by atoms with van der Waals surface area (Å²) in [4.78, 5) is 26.9. The molecule has 5 nitrogen and oxygen atoms in total. The molecular weight excluding hydrogens is 366 g/mol. The number of aryl methyl sites for hydroxylation is 1. The van der Waals surface area contributed by atoms with Crippen molar-refractivity contribution in [3.05, 3.63) is 39.9 Å². The van der Waals surface area contributed by atoms with Gasteiger partial charge in [-0.1, -0.05) is 23.7 Å². The van der Waals surface area contributed by atoms with Crippen molar-refractivity contribution in [3.8, 4) is 0 Å². The second-order valence-corrected chi connectivity index (χ2v) is 8.08. The van der Waals surface area contributed by atoms with Crippen molar-refractivity contribution in [2.24, 2.45) is 0 Å². The van der Waals surface area contributed by atoms with Gasteiger partial charge in [0, 0.05) is 11.6 Å². The zero-order valence-electron chi connectivity index (χ0n) is 16.9. The summed E-state index contributed by atoms with van der Waals surface area (Å²) >= 11 is 6.15. The maximum absolute atomic E-state index is 12.7. The van der Waals surface area contributed by atoms with Crippen LogP contribution in [0.3, 0.4) is 0 Å². The van der Waals surface area contributed by atoms with Gasteiger partial charge in [-0.3, -0.25) is 0 Å². The first-order valence-corrected chi connectivity index (χ1v) is 9.59. The minimum absolute atomic E-state index is 0.272. The number of esters is 1. The standard InChI is InChI=1S/C21H28ClNO4/c1-7-26-19(24)18-14(3)23(20(25)27-21(4,5)6)11-10-16(18)15-8-9-17(22)13(2)12-15/h8-9,12,14H,7,10-11H2,1-6H3. The Morgan fingerprint density at radius 2 is 1.96 bits per heavy atom. The van der Waals surface area contributed by atoms with Gasteiger partial charge in [-0.15, -0.1) is 0 Å². The first kappa shape index (κ1) is 21.3. The van der Waals surface area contributed by atoms with Gasteiger partial charge >= 0.3 is 12.1 Å². The SMILES string of the molecule is CCOC(=O)C1=C(c2ccc(Cl)c(C)c2)CCN(C(=O)OC(C)(C)C)C1C. The summed E-state index contributed by atoms with van der Waals surface area (Å²) in [6.07, 6.45) is 0.113. The summed E-state index contributed by atoms with van der Waals surface area (Å²) in [5.74, 6) is -0.402. The smallest absolute Gasteiger partial charge is 0.410 e. The van der Waals surface area contributed by atoms with Crippen LogP contribution < -0.4 is 0 Å². The van der Waals surface area contributed by atoms with E-state index in [1.165, 1.54) is 0 Å². The van der Waals surface area contributed by atoms with Gasteiger partial charge in [0.1, 0.15) is 5.60 Å². The number of nitrogens with zero attached hydrogens (tertiary/aromatic N) is 1. The fraction of sp³-hybridized carbons (Fsp3) is 0.524. The molecule has 1 aromatic rings. The Bertz CT molecular complexity index is 764. The van der Waals surface area contributed by atoms with Crippen LogP contribution >= 0.6 is 11.6 Å². The van der Waals surface area contributed by atoms with E-state index in [9.17, 15) is 9.59 Å². The van der Waals surface area contributed by atoms with Crippen LogP contribution in [0, 0.1) is 6.92 Å². The maximum Gasteiger partial charge on any atom is 0.410 e. The molecule has 1 aromatic carbocycles. The summed E-state index contributed by atoms with van der Waals surface area (Å²) in [7, 11) is 0. The average Bonchev–Trinajstić information content (AvgIpc) is 2.55. The monoisotopic (exact) mass is 393 g/mol. The number of ether oxygens (including phenoxy) is 2. The molecule has 148 valence electrons. The Morgan fingerprint density at radius 3 is 2.52 bits per heavy atom. The molecule has 0 spiro atoms. The minimum Gasteiger partial charge on any atom is -0.463 e. The summed E-state index contributed by atoms with van der Waals surface area (Å²) in [6, 6.07) is 5.25. The second-order valence-electron chi connectivity index (χ2n) is 7.68. The number of halogens is 1. The minimum atomic E-state index is -0.599. The van der Waals surface area contributed by atoms with Gasteiger partial charge in [-0.2, -0.15) is 0 Å². The molecule has 1 amide bonds. The van der Waals surface area contributed by atoms with E-state index < -0.39 is 23.7 Å². The quantitative estimate of drug-likeness (QED) is 0.678. The molecule has 27 heavy (non-hydrogen) atoms. The van der Waals surface area contributed by atoms with Crippen molar-refractivity contribution in [1.82, 2.24) is 4.90 Å². The van der Waals surface area contributed by atoms with Crippen molar-refractivity contribution in [2.45, 2.75) is 59.6 Å². The molecule has 0 radical (unpaired) electrons. The van der Waals surface area contributed by atoms with E-state index in [1.807, 2.05) is 52.8 Å². The molecule has 0 aliphatic carbocycles. The van der Waals surface area contributed by atoms with E-state index in [2.05, 4.69) is 0 Å². The highest BCUT2D eigenvalue weighted by Gasteiger charge is 2.36. The Hall–Kier alpha value is -2.01. The highest BCUT2D eigenvalue weighted by atomic mass is 35.5. The van der Waals surface area contributed by atoms with Crippen LogP contribution in [0.1, 0.15) is 52.2 Å². The third-order valence-corrected chi connectivity index (χ3v) is 4.87. The molecule has 1 aliphatic rings. The second kappa shape index (κ2) is 8.34. The molecule has 6 heteroatoms.